The number of benzene rings is 3. The van der Waals surface area contributed by atoms with Crippen LogP contribution in [0.15, 0.2) is 72.8 Å². The lowest BCUT2D eigenvalue weighted by Crippen LogP contribution is -2.49. The van der Waals surface area contributed by atoms with Crippen LogP contribution in [0.2, 0.25) is 0 Å². The van der Waals surface area contributed by atoms with Crippen LogP contribution in [0.5, 0.6) is 5.75 Å². The van der Waals surface area contributed by atoms with E-state index in [2.05, 4.69) is 43.4 Å². The first-order valence-electron chi connectivity index (χ1n) is 13.1. The number of hydrogen-bond acceptors (Lipinski definition) is 3. The normalized spacial score (nSPS) is 14.6. The monoisotopic (exact) mass is 499 g/mol. The highest BCUT2D eigenvalue weighted by atomic mass is 16.5. The summed E-state index contributed by atoms with van der Waals surface area (Å²) in [6.07, 6.45) is 1.54. The predicted octanol–water partition coefficient (Wildman–Crippen LogP) is 6.78. The zero-order valence-electron chi connectivity index (χ0n) is 22.2. The number of carbonyl (C=O) groups is 2. The molecule has 194 valence electrons. The van der Waals surface area contributed by atoms with Gasteiger partial charge in [0.1, 0.15) is 5.75 Å². The van der Waals surface area contributed by atoms with Crippen molar-refractivity contribution in [3.05, 3.63) is 89.5 Å². The molecule has 1 aliphatic heterocycles. The second kappa shape index (κ2) is 12.0. The van der Waals surface area contributed by atoms with Crippen molar-refractivity contribution in [2.24, 2.45) is 0 Å². The number of hydrogen-bond donors (Lipinski definition) is 1. The molecule has 0 bridgehead atoms. The number of methoxy groups -OCH3 is 1. The molecule has 1 saturated heterocycles. The number of anilines is 2. The van der Waals surface area contributed by atoms with Gasteiger partial charge in [0, 0.05) is 25.3 Å². The Kier molecular flexibility index (Phi) is 8.49. The number of amides is 3. The average Bonchev–Trinajstić information content (AvgIpc) is 2.91. The van der Waals surface area contributed by atoms with Gasteiger partial charge in [-0.15, -0.1) is 0 Å². The molecule has 0 aromatic heterocycles. The fourth-order valence-corrected chi connectivity index (χ4v) is 4.85. The van der Waals surface area contributed by atoms with Crippen LogP contribution in [-0.2, 0) is 11.3 Å². The molecule has 6 nitrogen and oxygen atoms in total. The first kappa shape index (κ1) is 26.3. The van der Waals surface area contributed by atoms with E-state index in [-0.39, 0.29) is 17.9 Å². The summed E-state index contributed by atoms with van der Waals surface area (Å²) in [5.74, 6) is 0.758. The van der Waals surface area contributed by atoms with Gasteiger partial charge in [0.05, 0.1) is 18.7 Å². The highest BCUT2D eigenvalue weighted by Gasteiger charge is 2.29. The number of ether oxygens (including phenoxy) is 1. The van der Waals surface area contributed by atoms with Crippen LogP contribution in [0.1, 0.15) is 62.1 Å². The minimum absolute atomic E-state index is 0.0586. The smallest absolute Gasteiger partial charge is 0.324 e. The second-order valence-electron chi connectivity index (χ2n) is 9.85. The van der Waals surface area contributed by atoms with Crippen LogP contribution >= 0.6 is 0 Å². The van der Waals surface area contributed by atoms with Gasteiger partial charge in [-0.3, -0.25) is 9.69 Å². The lowest BCUT2D eigenvalue weighted by molar-refractivity contribution is -0.117. The third-order valence-corrected chi connectivity index (χ3v) is 6.99. The van der Waals surface area contributed by atoms with Crippen molar-refractivity contribution in [2.45, 2.75) is 52.0 Å². The standard InChI is InChI=1S/C31H37N3O3/c1-5-27(25-10-7-6-8-11-25)30(35)32-26-16-17-29(37-4)28(20-26)34-19-9-18-33(31(34)36)21-23-12-14-24(15-13-23)22(2)3/h6-8,10-17,20,22,27H,5,9,18-19,21H2,1-4H3,(H,32,35). The van der Waals surface area contributed by atoms with Crippen LogP contribution in [0, 0.1) is 0 Å². The van der Waals surface area contributed by atoms with Crippen molar-refractivity contribution in [3.8, 4) is 5.75 Å². The zero-order chi connectivity index (χ0) is 26.4. The molecule has 3 amide bonds. The first-order valence-corrected chi connectivity index (χ1v) is 13.1. The van der Waals surface area contributed by atoms with Crippen LogP contribution in [0.3, 0.4) is 0 Å². The summed E-state index contributed by atoms with van der Waals surface area (Å²) >= 11 is 0. The fourth-order valence-electron chi connectivity index (χ4n) is 4.85. The molecule has 1 atom stereocenters. The van der Waals surface area contributed by atoms with Gasteiger partial charge in [-0.25, -0.2) is 4.79 Å². The molecule has 1 fully saturated rings. The Morgan fingerprint density at radius 3 is 2.35 bits per heavy atom. The number of urea groups is 1. The van der Waals surface area contributed by atoms with Crippen molar-refractivity contribution in [2.75, 3.05) is 30.4 Å². The topological polar surface area (TPSA) is 61.9 Å². The summed E-state index contributed by atoms with van der Waals surface area (Å²) in [4.78, 5) is 30.3. The van der Waals surface area contributed by atoms with Crippen LogP contribution < -0.4 is 15.0 Å². The van der Waals surface area contributed by atoms with Gasteiger partial charge >= 0.3 is 6.03 Å². The molecule has 37 heavy (non-hydrogen) atoms. The van der Waals surface area contributed by atoms with Gasteiger partial charge in [-0.05, 0) is 53.6 Å². The Labute approximate surface area is 220 Å². The zero-order valence-corrected chi connectivity index (χ0v) is 22.2. The van der Waals surface area contributed by atoms with E-state index in [0.29, 0.717) is 49.1 Å². The molecular weight excluding hydrogens is 462 g/mol. The fraction of sp³-hybridized carbons (Fsp3) is 0.355. The van der Waals surface area contributed by atoms with E-state index in [1.165, 1.54) is 5.56 Å². The van der Waals surface area contributed by atoms with Gasteiger partial charge in [-0.1, -0.05) is 75.4 Å². The molecule has 3 aromatic rings. The lowest BCUT2D eigenvalue weighted by Gasteiger charge is -2.36. The molecule has 1 unspecified atom stereocenters. The quantitative estimate of drug-likeness (QED) is 0.353. The van der Waals surface area contributed by atoms with E-state index in [9.17, 15) is 9.59 Å². The minimum Gasteiger partial charge on any atom is -0.495 e. The maximum Gasteiger partial charge on any atom is 0.324 e. The van der Waals surface area contributed by atoms with E-state index >= 15 is 0 Å². The second-order valence-corrected chi connectivity index (χ2v) is 9.85. The molecule has 6 heteroatoms. The molecule has 3 aromatic carbocycles. The summed E-state index contributed by atoms with van der Waals surface area (Å²) in [6, 6.07) is 23.7. The van der Waals surface area contributed by atoms with Gasteiger partial charge in [0.15, 0.2) is 0 Å². The molecule has 1 heterocycles. The third kappa shape index (κ3) is 6.13. The van der Waals surface area contributed by atoms with Gasteiger partial charge in [0.2, 0.25) is 5.91 Å². The number of rotatable bonds is 9. The van der Waals surface area contributed by atoms with E-state index in [1.807, 2.05) is 60.4 Å². The van der Waals surface area contributed by atoms with E-state index in [4.69, 9.17) is 4.74 Å². The van der Waals surface area contributed by atoms with Gasteiger partial charge in [0.25, 0.3) is 0 Å². The number of nitrogens with zero attached hydrogens (tertiary/aromatic N) is 2. The summed E-state index contributed by atoms with van der Waals surface area (Å²) in [7, 11) is 1.60. The van der Waals surface area contributed by atoms with Crippen LogP contribution in [-0.4, -0.2) is 37.0 Å². The predicted molar refractivity (Wildman–Crippen MR) is 149 cm³/mol. The van der Waals surface area contributed by atoms with Crippen molar-refractivity contribution in [3.63, 3.8) is 0 Å². The SMILES string of the molecule is CCC(C(=O)Nc1ccc(OC)c(N2CCCN(Cc3ccc(C(C)C)cc3)C2=O)c1)c1ccccc1. The van der Waals surface area contributed by atoms with Crippen molar-refractivity contribution >= 4 is 23.3 Å². The van der Waals surface area contributed by atoms with E-state index in [1.54, 1.807) is 12.0 Å². The summed E-state index contributed by atoms with van der Waals surface area (Å²) in [5.41, 5.74) is 4.69. The maximum absolute atomic E-state index is 13.6. The summed E-state index contributed by atoms with van der Waals surface area (Å²) < 4.78 is 5.61. The minimum atomic E-state index is -0.249. The number of carbonyl (C=O) groups excluding carboxylic acids is 2. The number of nitrogens with one attached hydrogen (secondary N) is 1. The summed E-state index contributed by atoms with van der Waals surface area (Å²) in [6.45, 7) is 8.21. The van der Waals surface area contributed by atoms with E-state index in [0.717, 1.165) is 17.5 Å². The first-order chi connectivity index (χ1) is 17.9. The summed E-state index contributed by atoms with van der Waals surface area (Å²) in [5, 5.41) is 3.06. The Morgan fingerprint density at radius 1 is 0.973 bits per heavy atom. The molecule has 4 rings (SSSR count). The Balaban J connectivity index is 1.52. The average molecular weight is 500 g/mol. The van der Waals surface area contributed by atoms with E-state index < -0.39 is 0 Å². The molecule has 0 radical (unpaired) electrons. The highest BCUT2D eigenvalue weighted by Crippen LogP contribution is 2.34. The Bertz CT molecular complexity index is 1210. The molecule has 0 aliphatic carbocycles. The van der Waals surface area contributed by atoms with Gasteiger partial charge in [-0.2, -0.15) is 0 Å². The van der Waals surface area contributed by atoms with Crippen molar-refractivity contribution in [1.29, 1.82) is 0 Å². The van der Waals surface area contributed by atoms with Crippen molar-refractivity contribution in [1.82, 2.24) is 4.90 Å². The molecule has 1 N–H and O–H groups in total. The van der Waals surface area contributed by atoms with Crippen LogP contribution in [0.25, 0.3) is 0 Å². The highest BCUT2D eigenvalue weighted by molar-refractivity contribution is 5.98. The van der Waals surface area contributed by atoms with Crippen LogP contribution in [0.4, 0.5) is 16.2 Å². The third-order valence-electron chi connectivity index (χ3n) is 6.99. The lowest BCUT2D eigenvalue weighted by atomic mass is 9.95. The van der Waals surface area contributed by atoms with Crippen molar-refractivity contribution < 1.29 is 14.3 Å². The van der Waals surface area contributed by atoms with Gasteiger partial charge < -0.3 is 15.0 Å². The Morgan fingerprint density at radius 2 is 1.70 bits per heavy atom. The maximum atomic E-state index is 13.6. The molecule has 0 spiro atoms. The molecule has 0 saturated carbocycles. The largest absolute Gasteiger partial charge is 0.495 e. The molecule has 1 aliphatic rings. The molecular formula is C31H37N3O3. The Hall–Kier alpha value is -3.80.